The number of hydrogen-bond acceptors (Lipinski definition) is 5. The zero-order valence-electron chi connectivity index (χ0n) is 13.5. The van der Waals surface area contributed by atoms with E-state index in [2.05, 4.69) is 27.5 Å². The zero-order valence-corrected chi connectivity index (χ0v) is 14.4. The van der Waals surface area contributed by atoms with Crippen LogP contribution in [0.5, 0.6) is 5.75 Å². The van der Waals surface area contributed by atoms with E-state index in [9.17, 15) is 0 Å². The molecule has 0 amide bonds. The quantitative estimate of drug-likeness (QED) is 0.746. The van der Waals surface area contributed by atoms with Crippen LogP contribution in [0, 0.1) is 6.92 Å². The van der Waals surface area contributed by atoms with Crippen LogP contribution in [0.15, 0.2) is 36.5 Å². The third-order valence-electron chi connectivity index (χ3n) is 3.42. The summed E-state index contributed by atoms with van der Waals surface area (Å²) in [6.45, 7) is 5.43. The lowest BCUT2D eigenvalue weighted by molar-refractivity contribution is 0.340. The average Bonchev–Trinajstić information content (AvgIpc) is 3.12. The van der Waals surface area contributed by atoms with E-state index in [1.165, 1.54) is 5.56 Å². The highest BCUT2D eigenvalue weighted by atomic mass is 32.1. The molecule has 0 radical (unpaired) electrons. The van der Waals surface area contributed by atoms with Gasteiger partial charge in [0.1, 0.15) is 11.4 Å². The number of nitrogens with zero attached hydrogens (tertiary/aromatic N) is 3. The number of benzene rings is 1. The third-order valence-corrected chi connectivity index (χ3v) is 4.56. The van der Waals surface area contributed by atoms with Gasteiger partial charge in [0.2, 0.25) is 0 Å². The number of aryl methyl sites for hydroxylation is 2. The minimum atomic E-state index is 0.687. The highest BCUT2D eigenvalue weighted by Gasteiger charge is 2.11. The van der Waals surface area contributed by atoms with Crippen molar-refractivity contribution in [3.63, 3.8) is 0 Å². The van der Waals surface area contributed by atoms with Gasteiger partial charge < -0.3 is 10.1 Å². The molecule has 23 heavy (non-hydrogen) atoms. The summed E-state index contributed by atoms with van der Waals surface area (Å²) in [4.78, 5) is 5.70. The van der Waals surface area contributed by atoms with Crippen LogP contribution in [-0.2, 0) is 13.6 Å². The smallest absolute Gasteiger partial charge is 0.183 e. The van der Waals surface area contributed by atoms with Gasteiger partial charge in [0.05, 0.1) is 17.2 Å². The van der Waals surface area contributed by atoms with Crippen LogP contribution in [0.1, 0.15) is 18.2 Å². The van der Waals surface area contributed by atoms with Crippen molar-refractivity contribution in [1.82, 2.24) is 14.8 Å². The summed E-state index contributed by atoms with van der Waals surface area (Å²) in [6, 6.07) is 10.1. The van der Waals surface area contributed by atoms with E-state index in [0.29, 0.717) is 6.61 Å². The number of ether oxygens (including phenoxy) is 1. The van der Waals surface area contributed by atoms with Crippen molar-refractivity contribution in [3.8, 4) is 16.3 Å². The standard InChI is InChI=1S/C17H20N4OS/c1-4-22-14-7-5-13(6-8-14)11-18-17-19-12(2)16(23-17)15-9-10-21(3)20-15/h5-10H,4,11H2,1-3H3,(H,18,19). The van der Waals surface area contributed by atoms with Crippen molar-refractivity contribution in [3.05, 3.63) is 47.8 Å². The van der Waals surface area contributed by atoms with Crippen molar-refractivity contribution in [1.29, 1.82) is 0 Å². The highest BCUT2D eigenvalue weighted by Crippen LogP contribution is 2.31. The first kappa shape index (κ1) is 15.6. The summed E-state index contributed by atoms with van der Waals surface area (Å²) in [5.74, 6) is 0.902. The van der Waals surface area contributed by atoms with Gasteiger partial charge in [-0.1, -0.05) is 23.5 Å². The molecule has 0 aliphatic rings. The van der Waals surface area contributed by atoms with E-state index in [4.69, 9.17) is 4.74 Å². The topological polar surface area (TPSA) is 52.0 Å². The summed E-state index contributed by atoms with van der Waals surface area (Å²) in [6.07, 6.45) is 1.95. The van der Waals surface area contributed by atoms with Crippen LogP contribution < -0.4 is 10.1 Å². The Kier molecular flexibility index (Phi) is 4.62. The molecule has 1 N–H and O–H groups in total. The van der Waals surface area contributed by atoms with Crippen molar-refractivity contribution >= 4 is 16.5 Å². The Morgan fingerprint density at radius 1 is 1.22 bits per heavy atom. The van der Waals surface area contributed by atoms with Crippen LogP contribution in [0.4, 0.5) is 5.13 Å². The van der Waals surface area contributed by atoms with Gasteiger partial charge in [-0.2, -0.15) is 5.10 Å². The average molecular weight is 328 g/mol. The van der Waals surface area contributed by atoms with Gasteiger partial charge in [-0.3, -0.25) is 4.68 Å². The van der Waals surface area contributed by atoms with Crippen LogP contribution in [0.3, 0.4) is 0 Å². The molecule has 0 bridgehead atoms. The van der Waals surface area contributed by atoms with Gasteiger partial charge in [-0.25, -0.2) is 4.98 Å². The number of aromatic nitrogens is 3. The summed E-state index contributed by atoms with van der Waals surface area (Å²) >= 11 is 1.63. The number of thiazole rings is 1. The van der Waals surface area contributed by atoms with Crippen molar-refractivity contribution in [2.75, 3.05) is 11.9 Å². The first-order valence-electron chi connectivity index (χ1n) is 7.58. The van der Waals surface area contributed by atoms with Crippen LogP contribution in [0.25, 0.3) is 10.6 Å². The molecule has 3 aromatic rings. The molecule has 2 aromatic heterocycles. The molecular weight excluding hydrogens is 308 g/mol. The molecule has 0 aliphatic carbocycles. The predicted octanol–water partition coefficient (Wildman–Crippen LogP) is 3.86. The molecule has 3 rings (SSSR count). The lowest BCUT2D eigenvalue weighted by Gasteiger charge is -2.05. The third kappa shape index (κ3) is 3.71. The van der Waals surface area contributed by atoms with Gasteiger partial charge in [-0.15, -0.1) is 0 Å². The summed E-state index contributed by atoms with van der Waals surface area (Å²) in [5, 5.41) is 8.74. The minimum Gasteiger partial charge on any atom is -0.494 e. The lowest BCUT2D eigenvalue weighted by Crippen LogP contribution is -1.99. The Morgan fingerprint density at radius 2 is 2.00 bits per heavy atom. The van der Waals surface area contributed by atoms with Crippen molar-refractivity contribution in [2.45, 2.75) is 20.4 Å². The second kappa shape index (κ2) is 6.83. The molecule has 5 nitrogen and oxygen atoms in total. The summed E-state index contributed by atoms with van der Waals surface area (Å²) in [5.41, 5.74) is 3.17. The van der Waals surface area contributed by atoms with E-state index in [1.54, 1.807) is 11.3 Å². The molecule has 0 fully saturated rings. The summed E-state index contributed by atoms with van der Waals surface area (Å²) < 4.78 is 7.26. The Hall–Kier alpha value is -2.34. The highest BCUT2D eigenvalue weighted by molar-refractivity contribution is 7.19. The van der Waals surface area contributed by atoms with Crippen molar-refractivity contribution < 1.29 is 4.74 Å². The van der Waals surface area contributed by atoms with E-state index >= 15 is 0 Å². The molecule has 6 heteroatoms. The lowest BCUT2D eigenvalue weighted by atomic mass is 10.2. The molecule has 0 unspecified atom stereocenters. The normalized spacial score (nSPS) is 10.7. The number of nitrogens with one attached hydrogen (secondary N) is 1. The molecular formula is C17H20N4OS. The van der Waals surface area contributed by atoms with Crippen LogP contribution in [-0.4, -0.2) is 21.4 Å². The fourth-order valence-corrected chi connectivity index (χ4v) is 3.22. The first-order chi connectivity index (χ1) is 11.2. The number of anilines is 1. The minimum absolute atomic E-state index is 0.687. The van der Waals surface area contributed by atoms with E-state index in [0.717, 1.165) is 33.7 Å². The summed E-state index contributed by atoms with van der Waals surface area (Å²) in [7, 11) is 1.92. The number of rotatable bonds is 6. The molecule has 0 aliphatic heterocycles. The van der Waals surface area contributed by atoms with Gasteiger partial charge in [0, 0.05) is 19.8 Å². The fraction of sp³-hybridized carbons (Fsp3) is 0.294. The van der Waals surface area contributed by atoms with Crippen molar-refractivity contribution in [2.24, 2.45) is 7.05 Å². The molecule has 120 valence electrons. The Morgan fingerprint density at radius 3 is 2.65 bits per heavy atom. The fourth-order valence-electron chi connectivity index (χ4n) is 2.29. The Bertz CT molecular complexity index is 776. The van der Waals surface area contributed by atoms with Gasteiger partial charge in [0.25, 0.3) is 0 Å². The van der Waals surface area contributed by atoms with Crippen LogP contribution >= 0.6 is 11.3 Å². The van der Waals surface area contributed by atoms with Gasteiger partial charge >= 0.3 is 0 Å². The zero-order chi connectivity index (χ0) is 16.2. The van der Waals surface area contributed by atoms with E-state index in [1.807, 2.05) is 50.0 Å². The maximum atomic E-state index is 5.45. The number of hydrogen-bond donors (Lipinski definition) is 1. The molecule has 0 atom stereocenters. The second-order valence-corrected chi connectivity index (χ2v) is 6.24. The molecule has 0 saturated heterocycles. The molecule has 0 spiro atoms. The van der Waals surface area contributed by atoms with E-state index < -0.39 is 0 Å². The Labute approximate surface area is 140 Å². The maximum Gasteiger partial charge on any atom is 0.183 e. The molecule has 0 saturated carbocycles. The Balaban J connectivity index is 1.67. The second-order valence-electron chi connectivity index (χ2n) is 5.24. The predicted molar refractivity (Wildman–Crippen MR) is 94.0 cm³/mol. The van der Waals surface area contributed by atoms with Crippen LogP contribution in [0.2, 0.25) is 0 Å². The largest absolute Gasteiger partial charge is 0.494 e. The SMILES string of the molecule is CCOc1ccc(CNc2nc(C)c(-c3ccn(C)n3)s2)cc1. The van der Waals surface area contributed by atoms with E-state index in [-0.39, 0.29) is 0 Å². The monoisotopic (exact) mass is 328 g/mol. The molecule has 1 aromatic carbocycles. The van der Waals surface area contributed by atoms with Gasteiger partial charge in [0.15, 0.2) is 5.13 Å². The maximum absolute atomic E-state index is 5.45. The van der Waals surface area contributed by atoms with Gasteiger partial charge in [-0.05, 0) is 37.6 Å². The molecule has 2 heterocycles. The first-order valence-corrected chi connectivity index (χ1v) is 8.40.